The Morgan fingerprint density at radius 2 is 1.79 bits per heavy atom. The monoisotopic (exact) mass is 463 g/mol. The van der Waals surface area contributed by atoms with Gasteiger partial charge >= 0.3 is 6.03 Å². The number of methoxy groups -OCH3 is 2. The van der Waals surface area contributed by atoms with Gasteiger partial charge in [-0.1, -0.05) is 17.3 Å². The van der Waals surface area contributed by atoms with E-state index in [-0.39, 0.29) is 12.1 Å². The Morgan fingerprint density at radius 1 is 1.12 bits per heavy atom. The van der Waals surface area contributed by atoms with Gasteiger partial charge in [-0.15, -0.1) is 0 Å². The van der Waals surface area contributed by atoms with E-state index in [1.807, 2.05) is 57.2 Å². The Kier molecular flexibility index (Phi) is 6.45. The maximum atomic E-state index is 12.6. The highest BCUT2D eigenvalue weighted by atomic mass is 16.5. The lowest BCUT2D eigenvalue weighted by molar-refractivity contribution is 0.184. The second-order valence-corrected chi connectivity index (χ2v) is 8.17. The zero-order chi connectivity index (χ0) is 24.4. The molecule has 0 unspecified atom stereocenters. The minimum absolute atomic E-state index is 0.158. The molecule has 2 amide bonds. The average Bonchev–Trinajstić information content (AvgIpc) is 3.08. The van der Waals surface area contributed by atoms with Crippen molar-refractivity contribution in [2.45, 2.75) is 33.2 Å². The fourth-order valence-corrected chi connectivity index (χ4v) is 4.07. The third-order valence-electron chi connectivity index (χ3n) is 5.89. The van der Waals surface area contributed by atoms with Crippen LogP contribution in [0.15, 0.2) is 46.0 Å². The number of aryl methyl sites for hydroxylation is 2. The number of amides is 2. The van der Waals surface area contributed by atoms with Crippen LogP contribution in [0.2, 0.25) is 0 Å². The summed E-state index contributed by atoms with van der Waals surface area (Å²) in [4.78, 5) is 12.6. The molecule has 1 aromatic heterocycles. The topological polar surface area (TPSA) is 101 Å². The van der Waals surface area contributed by atoms with Crippen molar-refractivity contribution in [1.29, 1.82) is 0 Å². The number of fused-ring (bicyclic) bond motifs is 1. The first-order chi connectivity index (χ1) is 16.4. The van der Waals surface area contributed by atoms with Crippen LogP contribution >= 0.6 is 0 Å². The fraction of sp³-hybridized carbons (Fsp3) is 0.320. The molecule has 9 nitrogen and oxygen atoms in total. The molecule has 2 aromatic carbocycles. The van der Waals surface area contributed by atoms with Crippen molar-refractivity contribution < 1.29 is 18.8 Å². The molecule has 4 rings (SSSR count). The van der Waals surface area contributed by atoms with Gasteiger partial charge in [0, 0.05) is 23.9 Å². The Labute approximate surface area is 198 Å². The average molecular weight is 464 g/mol. The summed E-state index contributed by atoms with van der Waals surface area (Å²) in [7, 11) is 4.82. The molecular weight excluding hydrogens is 434 g/mol. The van der Waals surface area contributed by atoms with Crippen molar-refractivity contribution in [1.82, 2.24) is 15.5 Å². The van der Waals surface area contributed by atoms with Crippen LogP contribution in [0, 0.1) is 13.8 Å². The number of carbonyl (C=O) groups is 1. The summed E-state index contributed by atoms with van der Waals surface area (Å²) in [6.07, 6.45) is 0.613. The second kappa shape index (κ2) is 9.46. The van der Waals surface area contributed by atoms with Crippen LogP contribution in [-0.4, -0.2) is 49.2 Å². The van der Waals surface area contributed by atoms with Crippen LogP contribution < -0.4 is 20.1 Å². The van der Waals surface area contributed by atoms with E-state index in [1.165, 1.54) is 5.01 Å². The van der Waals surface area contributed by atoms with Gasteiger partial charge in [-0.3, -0.25) is 0 Å². The molecule has 2 N–H and O–H groups in total. The zero-order valence-electron chi connectivity index (χ0n) is 20.2. The number of aromatic nitrogens is 1. The largest absolute Gasteiger partial charge is 0.493 e. The van der Waals surface area contributed by atoms with Gasteiger partial charge in [0.15, 0.2) is 17.3 Å². The highest BCUT2D eigenvalue weighted by Gasteiger charge is 2.28. The van der Waals surface area contributed by atoms with Crippen molar-refractivity contribution in [2.24, 2.45) is 5.10 Å². The highest BCUT2D eigenvalue weighted by Crippen LogP contribution is 2.35. The SMILES string of the molecule is CNC(=O)N1N=C(c2ccc(Nc3c(C)noc3C)cc2)c2cc(OC)c(OC)cc2C[C@H]1C. The number of rotatable bonds is 5. The Balaban J connectivity index is 1.79. The lowest BCUT2D eigenvalue weighted by Crippen LogP contribution is -2.41. The molecule has 1 atom stereocenters. The molecule has 1 aliphatic rings. The molecule has 0 spiro atoms. The van der Waals surface area contributed by atoms with E-state index < -0.39 is 0 Å². The summed E-state index contributed by atoms with van der Waals surface area (Å²) in [6, 6.07) is 11.3. The first-order valence-corrected chi connectivity index (χ1v) is 11.0. The summed E-state index contributed by atoms with van der Waals surface area (Å²) >= 11 is 0. The third-order valence-corrected chi connectivity index (χ3v) is 5.89. The summed E-state index contributed by atoms with van der Waals surface area (Å²) in [5.41, 5.74) is 5.97. The number of ether oxygens (including phenoxy) is 2. The summed E-state index contributed by atoms with van der Waals surface area (Å²) in [5, 5.41) is 16.3. The molecule has 0 aliphatic carbocycles. The highest BCUT2D eigenvalue weighted by molar-refractivity contribution is 6.14. The van der Waals surface area contributed by atoms with Crippen molar-refractivity contribution in [3.8, 4) is 11.5 Å². The zero-order valence-corrected chi connectivity index (χ0v) is 20.2. The lowest BCUT2D eigenvalue weighted by atomic mass is 9.94. The maximum absolute atomic E-state index is 12.6. The van der Waals surface area contributed by atoms with Crippen LogP contribution in [0.1, 0.15) is 35.1 Å². The van der Waals surface area contributed by atoms with Gasteiger partial charge in [0.2, 0.25) is 0 Å². The molecule has 0 saturated carbocycles. The smallest absolute Gasteiger partial charge is 0.337 e. The molecule has 2 heterocycles. The van der Waals surface area contributed by atoms with E-state index in [1.54, 1.807) is 21.3 Å². The second-order valence-electron chi connectivity index (χ2n) is 8.17. The normalized spacial score (nSPS) is 15.2. The summed E-state index contributed by atoms with van der Waals surface area (Å²) < 4.78 is 16.3. The molecular formula is C25H29N5O4. The van der Waals surface area contributed by atoms with E-state index >= 15 is 0 Å². The van der Waals surface area contributed by atoms with Crippen LogP contribution in [-0.2, 0) is 6.42 Å². The number of hydrogen-bond donors (Lipinski definition) is 2. The summed E-state index contributed by atoms with van der Waals surface area (Å²) in [6.45, 7) is 5.73. The number of anilines is 2. The number of urea groups is 1. The summed E-state index contributed by atoms with van der Waals surface area (Å²) in [5.74, 6) is 1.96. The first kappa shape index (κ1) is 23.2. The van der Waals surface area contributed by atoms with Crippen LogP contribution in [0.3, 0.4) is 0 Å². The van der Waals surface area contributed by atoms with E-state index in [0.29, 0.717) is 23.6 Å². The molecule has 9 heteroatoms. The molecule has 178 valence electrons. The van der Waals surface area contributed by atoms with Gasteiger partial charge in [0.25, 0.3) is 0 Å². The minimum Gasteiger partial charge on any atom is -0.493 e. The van der Waals surface area contributed by atoms with Gasteiger partial charge in [0.05, 0.1) is 26.0 Å². The minimum atomic E-state index is -0.270. The first-order valence-electron chi connectivity index (χ1n) is 11.0. The molecule has 34 heavy (non-hydrogen) atoms. The van der Waals surface area contributed by atoms with E-state index in [9.17, 15) is 4.79 Å². The quantitative estimate of drug-likeness (QED) is 0.582. The van der Waals surface area contributed by atoms with Crippen LogP contribution in [0.25, 0.3) is 0 Å². The van der Waals surface area contributed by atoms with Gasteiger partial charge in [-0.25, -0.2) is 9.80 Å². The predicted molar refractivity (Wildman–Crippen MR) is 130 cm³/mol. The van der Waals surface area contributed by atoms with E-state index in [2.05, 4.69) is 15.8 Å². The Bertz CT molecular complexity index is 1210. The Hall–Kier alpha value is -4.01. The number of nitrogens with zero attached hydrogens (tertiary/aromatic N) is 3. The fourth-order valence-electron chi connectivity index (χ4n) is 4.07. The van der Waals surface area contributed by atoms with Crippen molar-refractivity contribution in [3.05, 3.63) is 64.5 Å². The van der Waals surface area contributed by atoms with Crippen molar-refractivity contribution in [2.75, 3.05) is 26.6 Å². The van der Waals surface area contributed by atoms with Gasteiger partial charge in [0.1, 0.15) is 11.4 Å². The Morgan fingerprint density at radius 3 is 2.38 bits per heavy atom. The number of hydrazone groups is 1. The molecule has 0 fully saturated rings. The standard InChI is InChI=1S/C25H29N5O4/c1-14-11-18-12-21(32-5)22(33-6)13-20(18)24(28-30(14)25(31)26-4)17-7-9-19(10-8-17)27-23-15(2)29-34-16(23)3/h7-10,12-14,27H,11H2,1-6H3,(H,26,31)/t14-/m1/s1. The number of hydrogen-bond acceptors (Lipinski definition) is 7. The molecule has 1 aliphatic heterocycles. The number of benzene rings is 2. The van der Waals surface area contributed by atoms with E-state index in [4.69, 9.17) is 19.1 Å². The van der Waals surface area contributed by atoms with E-state index in [0.717, 1.165) is 39.5 Å². The van der Waals surface area contributed by atoms with Gasteiger partial charge in [-0.05, 0) is 57.0 Å². The van der Waals surface area contributed by atoms with Gasteiger partial charge in [-0.2, -0.15) is 5.10 Å². The predicted octanol–water partition coefficient (Wildman–Crippen LogP) is 4.39. The van der Waals surface area contributed by atoms with Crippen LogP contribution in [0.5, 0.6) is 11.5 Å². The van der Waals surface area contributed by atoms with Crippen molar-refractivity contribution >= 4 is 23.1 Å². The maximum Gasteiger partial charge on any atom is 0.337 e. The molecule has 0 radical (unpaired) electrons. The van der Waals surface area contributed by atoms with Crippen molar-refractivity contribution in [3.63, 3.8) is 0 Å². The molecule has 0 bridgehead atoms. The molecule has 0 saturated heterocycles. The lowest BCUT2D eigenvalue weighted by Gasteiger charge is -2.22. The number of nitrogens with one attached hydrogen (secondary N) is 2. The third kappa shape index (κ3) is 4.28. The number of carbonyl (C=O) groups excluding carboxylic acids is 1. The van der Waals surface area contributed by atoms with Gasteiger partial charge < -0.3 is 24.6 Å². The van der Waals surface area contributed by atoms with Crippen LogP contribution in [0.4, 0.5) is 16.2 Å². The molecule has 3 aromatic rings.